The van der Waals surface area contributed by atoms with E-state index in [1.165, 1.54) is 28.6 Å². The van der Waals surface area contributed by atoms with Gasteiger partial charge in [0.05, 0.1) is 29.4 Å². The summed E-state index contributed by atoms with van der Waals surface area (Å²) in [6.07, 6.45) is 6.46. The standard InChI is InChI=1S/C18H21N3O2S2/c1-11(9-19)24-18-20-16-15(13-6-2-3-7-14(13)25-16)17(22)21(18)10-12-5-4-8-23-12/h11-12H,2-8,10H2,1H3/t11-,12-/m0/s1. The van der Waals surface area contributed by atoms with Gasteiger partial charge in [-0.05, 0) is 51.0 Å². The van der Waals surface area contributed by atoms with E-state index in [2.05, 4.69) is 6.07 Å². The molecule has 0 unspecified atom stereocenters. The molecule has 0 N–H and O–H groups in total. The number of hydrogen-bond donors (Lipinski definition) is 0. The van der Waals surface area contributed by atoms with E-state index in [1.807, 2.05) is 6.92 Å². The lowest BCUT2D eigenvalue weighted by Crippen LogP contribution is -2.29. The number of aromatic nitrogens is 2. The molecule has 25 heavy (non-hydrogen) atoms. The highest BCUT2D eigenvalue weighted by Gasteiger charge is 2.25. The fraction of sp³-hybridized carbons (Fsp3) is 0.611. The van der Waals surface area contributed by atoms with Gasteiger partial charge in [-0.3, -0.25) is 9.36 Å². The van der Waals surface area contributed by atoms with Crippen molar-refractivity contribution in [2.75, 3.05) is 6.61 Å². The van der Waals surface area contributed by atoms with Crippen LogP contribution in [-0.4, -0.2) is 27.5 Å². The Bertz CT molecular complexity index is 890. The van der Waals surface area contributed by atoms with E-state index >= 15 is 0 Å². The van der Waals surface area contributed by atoms with Gasteiger partial charge in [0.1, 0.15) is 4.83 Å². The minimum atomic E-state index is -0.241. The molecule has 0 bridgehead atoms. The highest BCUT2D eigenvalue weighted by atomic mass is 32.2. The summed E-state index contributed by atoms with van der Waals surface area (Å²) in [5, 5.41) is 10.4. The van der Waals surface area contributed by atoms with Crippen LogP contribution in [0, 0.1) is 11.3 Å². The van der Waals surface area contributed by atoms with Gasteiger partial charge >= 0.3 is 0 Å². The Morgan fingerprint density at radius 3 is 3.04 bits per heavy atom. The number of rotatable bonds is 4. The number of fused-ring (bicyclic) bond motifs is 3. The second kappa shape index (κ2) is 7.10. The van der Waals surface area contributed by atoms with E-state index in [-0.39, 0.29) is 16.9 Å². The van der Waals surface area contributed by atoms with Crippen LogP contribution >= 0.6 is 23.1 Å². The first-order valence-corrected chi connectivity index (χ1v) is 10.6. The van der Waals surface area contributed by atoms with Crippen LogP contribution in [0.2, 0.25) is 0 Å². The summed E-state index contributed by atoms with van der Waals surface area (Å²) in [6, 6.07) is 2.23. The molecule has 1 fully saturated rings. The minimum Gasteiger partial charge on any atom is -0.376 e. The molecule has 132 valence electrons. The predicted molar refractivity (Wildman–Crippen MR) is 100 cm³/mol. The zero-order valence-electron chi connectivity index (χ0n) is 14.3. The summed E-state index contributed by atoms with van der Waals surface area (Å²) >= 11 is 3.03. The van der Waals surface area contributed by atoms with E-state index in [1.54, 1.807) is 15.9 Å². The number of ether oxygens (including phenoxy) is 1. The lowest BCUT2D eigenvalue weighted by molar-refractivity contribution is 0.0937. The lowest BCUT2D eigenvalue weighted by atomic mass is 9.97. The first kappa shape index (κ1) is 17.1. The molecule has 0 amide bonds. The maximum Gasteiger partial charge on any atom is 0.263 e. The normalized spacial score (nSPS) is 21.2. The monoisotopic (exact) mass is 375 g/mol. The van der Waals surface area contributed by atoms with Gasteiger partial charge in [-0.1, -0.05) is 11.8 Å². The van der Waals surface area contributed by atoms with Crippen molar-refractivity contribution in [2.24, 2.45) is 0 Å². The third kappa shape index (κ3) is 3.23. The summed E-state index contributed by atoms with van der Waals surface area (Å²) in [5.41, 5.74) is 1.27. The number of nitriles is 1. The molecule has 5 nitrogen and oxygen atoms in total. The van der Waals surface area contributed by atoms with Crippen LogP contribution in [0.15, 0.2) is 9.95 Å². The number of thiophene rings is 1. The molecule has 2 atom stereocenters. The van der Waals surface area contributed by atoms with Gasteiger partial charge in [0, 0.05) is 11.5 Å². The van der Waals surface area contributed by atoms with Gasteiger partial charge in [0.25, 0.3) is 5.56 Å². The smallest absolute Gasteiger partial charge is 0.263 e. The van der Waals surface area contributed by atoms with Crippen LogP contribution in [0.1, 0.15) is 43.0 Å². The SMILES string of the molecule is C[C@@H](C#N)Sc1nc2sc3c(c2c(=O)n1C[C@@H]1CCCO1)CCCC3. The molecule has 0 radical (unpaired) electrons. The molecule has 7 heteroatoms. The van der Waals surface area contributed by atoms with Crippen LogP contribution in [-0.2, 0) is 24.1 Å². The fourth-order valence-corrected chi connectivity index (χ4v) is 5.75. The third-order valence-corrected chi connectivity index (χ3v) is 7.08. The molecular formula is C18H21N3O2S2. The fourth-order valence-electron chi connectivity index (χ4n) is 3.65. The highest BCUT2D eigenvalue weighted by Crippen LogP contribution is 2.35. The van der Waals surface area contributed by atoms with Crippen molar-refractivity contribution in [3.63, 3.8) is 0 Å². The van der Waals surface area contributed by atoms with Crippen molar-refractivity contribution in [3.8, 4) is 6.07 Å². The summed E-state index contributed by atoms with van der Waals surface area (Å²) in [5.74, 6) is 0. The van der Waals surface area contributed by atoms with Crippen LogP contribution in [0.3, 0.4) is 0 Å². The molecule has 2 aliphatic rings. The van der Waals surface area contributed by atoms with Crippen LogP contribution in [0.25, 0.3) is 10.2 Å². The zero-order chi connectivity index (χ0) is 17.4. The topological polar surface area (TPSA) is 67.9 Å². The number of hydrogen-bond acceptors (Lipinski definition) is 6. The van der Waals surface area contributed by atoms with E-state index < -0.39 is 0 Å². The number of nitrogens with zero attached hydrogens (tertiary/aromatic N) is 3. The zero-order valence-corrected chi connectivity index (χ0v) is 15.9. The van der Waals surface area contributed by atoms with Crippen molar-refractivity contribution in [1.29, 1.82) is 5.26 Å². The third-order valence-electron chi connectivity index (χ3n) is 4.91. The first-order valence-electron chi connectivity index (χ1n) is 8.90. The number of aryl methyl sites for hydroxylation is 2. The predicted octanol–water partition coefficient (Wildman–Crippen LogP) is 3.52. The average Bonchev–Trinajstić information content (AvgIpc) is 3.25. The van der Waals surface area contributed by atoms with Crippen LogP contribution in [0.5, 0.6) is 0 Å². The minimum absolute atomic E-state index is 0.0486. The summed E-state index contributed by atoms with van der Waals surface area (Å²) in [6.45, 7) is 3.14. The first-order chi connectivity index (χ1) is 12.2. The van der Waals surface area contributed by atoms with Gasteiger partial charge in [0.15, 0.2) is 5.16 Å². The van der Waals surface area contributed by atoms with Crippen molar-refractivity contribution in [1.82, 2.24) is 9.55 Å². The molecule has 1 saturated heterocycles. The molecule has 2 aromatic rings. The van der Waals surface area contributed by atoms with Gasteiger partial charge in [-0.15, -0.1) is 11.3 Å². The van der Waals surface area contributed by atoms with Crippen molar-refractivity contribution >= 4 is 33.3 Å². The maximum absolute atomic E-state index is 13.3. The Morgan fingerprint density at radius 1 is 1.44 bits per heavy atom. The molecule has 3 heterocycles. The summed E-state index contributed by atoms with van der Waals surface area (Å²) in [4.78, 5) is 20.3. The Morgan fingerprint density at radius 2 is 2.28 bits per heavy atom. The summed E-state index contributed by atoms with van der Waals surface area (Å²) in [7, 11) is 0. The van der Waals surface area contributed by atoms with Crippen molar-refractivity contribution in [3.05, 3.63) is 20.8 Å². The van der Waals surface area contributed by atoms with Gasteiger partial charge in [-0.25, -0.2) is 4.98 Å². The Kier molecular flexibility index (Phi) is 4.85. The molecule has 0 spiro atoms. The maximum atomic E-state index is 13.3. The lowest BCUT2D eigenvalue weighted by Gasteiger charge is -2.16. The molecular weight excluding hydrogens is 354 g/mol. The molecule has 0 aromatic carbocycles. The molecule has 0 saturated carbocycles. The largest absolute Gasteiger partial charge is 0.376 e. The van der Waals surface area contributed by atoms with Gasteiger partial charge in [-0.2, -0.15) is 5.26 Å². The molecule has 2 aromatic heterocycles. The highest BCUT2D eigenvalue weighted by molar-refractivity contribution is 8.00. The molecule has 1 aliphatic carbocycles. The van der Waals surface area contributed by atoms with Crippen molar-refractivity contribution in [2.45, 2.75) is 68.5 Å². The van der Waals surface area contributed by atoms with Crippen LogP contribution < -0.4 is 5.56 Å². The average molecular weight is 376 g/mol. The van der Waals surface area contributed by atoms with E-state index in [0.29, 0.717) is 11.7 Å². The Labute approximate surface area is 155 Å². The molecule has 4 rings (SSSR count). The second-order valence-electron chi connectivity index (χ2n) is 6.73. The van der Waals surface area contributed by atoms with Gasteiger partial charge in [0.2, 0.25) is 0 Å². The number of thioether (sulfide) groups is 1. The van der Waals surface area contributed by atoms with Crippen molar-refractivity contribution < 1.29 is 4.74 Å². The Hall–Kier alpha value is -1.36. The van der Waals surface area contributed by atoms with E-state index in [0.717, 1.165) is 48.9 Å². The molecule has 1 aliphatic heterocycles. The van der Waals surface area contributed by atoms with Gasteiger partial charge < -0.3 is 4.74 Å². The second-order valence-corrected chi connectivity index (χ2v) is 9.12. The van der Waals surface area contributed by atoms with Crippen LogP contribution in [0.4, 0.5) is 0 Å². The summed E-state index contributed by atoms with van der Waals surface area (Å²) < 4.78 is 7.51. The van der Waals surface area contributed by atoms with E-state index in [9.17, 15) is 10.1 Å². The Balaban J connectivity index is 1.85. The quantitative estimate of drug-likeness (QED) is 0.604. The van der Waals surface area contributed by atoms with E-state index in [4.69, 9.17) is 9.72 Å².